The van der Waals surface area contributed by atoms with Crippen molar-refractivity contribution in [3.63, 3.8) is 0 Å². The first kappa shape index (κ1) is 18.1. The van der Waals surface area contributed by atoms with Crippen molar-refractivity contribution < 1.29 is 23.1 Å². The van der Waals surface area contributed by atoms with Crippen molar-refractivity contribution in [2.45, 2.75) is 24.8 Å². The van der Waals surface area contributed by atoms with Crippen molar-refractivity contribution in [2.75, 3.05) is 5.75 Å². The molecular formula is C15H16N2O5S2. The third kappa shape index (κ3) is 4.62. The summed E-state index contributed by atoms with van der Waals surface area (Å²) in [5, 5.41) is 13.4. The van der Waals surface area contributed by atoms with E-state index in [4.69, 9.17) is 5.11 Å². The Balaban J connectivity index is 1.91. The molecule has 2 aromatic rings. The average molecular weight is 368 g/mol. The lowest BCUT2D eigenvalue weighted by atomic mass is 10.1. The quantitative estimate of drug-likeness (QED) is 0.765. The minimum absolute atomic E-state index is 0.0268. The summed E-state index contributed by atoms with van der Waals surface area (Å²) in [7, 11) is -3.25. The molecule has 0 aliphatic carbocycles. The SMILES string of the molecule is CCS(=O)(=O)c1ccc(CC(=O)NCc2nc(C(=O)O)cs2)cc1. The van der Waals surface area contributed by atoms with Gasteiger partial charge >= 0.3 is 5.97 Å². The second-order valence-electron chi connectivity index (χ2n) is 4.93. The fourth-order valence-electron chi connectivity index (χ4n) is 1.89. The van der Waals surface area contributed by atoms with Gasteiger partial charge in [0.1, 0.15) is 5.01 Å². The minimum Gasteiger partial charge on any atom is -0.476 e. The van der Waals surface area contributed by atoms with Crippen LogP contribution in [0.15, 0.2) is 34.5 Å². The van der Waals surface area contributed by atoms with Gasteiger partial charge in [-0.2, -0.15) is 0 Å². The molecule has 0 saturated heterocycles. The van der Waals surface area contributed by atoms with Crippen LogP contribution in [0.3, 0.4) is 0 Å². The number of sulfone groups is 1. The lowest BCUT2D eigenvalue weighted by Crippen LogP contribution is -2.24. The van der Waals surface area contributed by atoms with E-state index in [1.54, 1.807) is 19.1 Å². The van der Waals surface area contributed by atoms with Crippen molar-refractivity contribution in [1.29, 1.82) is 0 Å². The lowest BCUT2D eigenvalue weighted by molar-refractivity contribution is -0.120. The molecule has 0 unspecified atom stereocenters. The van der Waals surface area contributed by atoms with Crippen LogP contribution in [0.25, 0.3) is 0 Å². The summed E-state index contributed by atoms with van der Waals surface area (Å²) in [5.74, 6) is -1.34. The summed E-state index contributed by atoms with van der Waals surface area (Å²) in [6, 6.07) is 6.19. The Morgan fingerprint density at radius 2 is 1.92 bits per heavy atom. The van der Waals surface area contributed by atoms with E-state index in [0.717, 1.165) is 11.3 Å². The first-order valence-corrected chi connectivity index (χ1v) is 9.61. The summed E-state index contributed by atoms with van der Waals surface area (Å²) >= 11 is 1.16. The number of hydrogen-bond acceptors (Lipinski definition) is 6. The van der Waals surface area contributed by atoms with Crippen molar-refractivity contribution >= 4 is 33.1 Å². The van der Waals surface area contributed by atoms with Crippen LogP contribution in [0.2, 0.25) is 0 Å². The molecule has 128 valence electrons. The number of carboxylic acid groups (broad SMARTS) is 1. The highest BCUT2D eigenvalue weighted by molar-refractivity contribution is 7.91. The Morgan fingerprint density at radius 3 is 2.46 bits per heavy atom. The Kier molecular flexibility index (Phi) is 5.68. The Labute approximate surface area is 143 Å². The summed E-state index contributed by atoms with van der Waals surface area (Å²) in [4.78, 5) is 26.7. The van der Waals surface area contributed by atoms with Gasteiger partial charge < -0.3 is 10.4 Å². The largest absolute Gasteiger partial charge is 0.476 e. The zero-order valence-electron chi connectivity index (χ0n) is 12.9. The highest BCUT2D eigenvalue weighted by Gasteiger charge is 2.12. The number of carboxylic acids is 1. The second-order valence-corrected chi connectivity index (χ2v) is 8.15. The van der Waals surface area contributed by atoms with Crippen molar-refractivity contribution in [1.82, 2.24) is 10.3 Å². The van der Waals surface area contributed by atoms with E-state index in [1.165, 1.54) is 17.5 Å². The zero-order valence-corrected chi connectivity index (χ0v) is 14.5. The van der Waals surface area contributed by atoms with Gasteiger partial charge in [-0.3, -0.25) is 4.79 Å². The van der Waals surface area contributed by atoms with E-state index >= 15 is 0 Å². The molecule has 1 aromatic heterocycles. The van der Waals surface area contributed by atoms with Gasteiger partial charge in [-0.25, -0.2) is 18.2 Å². The van der Waals surface area contributed by atoms with Crippen LogP contribution in [0.5, 0.6) is 0 Å². The molecule has 0 atom stereocenters. The molecular weight excluding hydrogens is 352 g/mol. The molecule has 1 amide bonds. The number of nitrogens with one attached hydrogen (secondary N) is 1. The first-order chi connectivity index (χ1) is 11.3. The van der Waals surface area contributed by atoms with E-state index in [1.807, 2.05) is 0 Å². The molecule has 7 nitrogen and oxygen atoms in total. The standard InChI is InChI=1S/C15H16N2O5S2/c1-2-24(21,22)11-5-3-10(4-6-11)7-13(18)16-8-14-17-12(9-23-14)15(19)20/h3-6,9H,2,7-8H2,1H3,(H,16,18)(H,19,20). The van der Waals surface area contributed by atoms with Gasteiger partial charge in [0.15, 0.2) is 15.5 Å². The van der Waals surface area contributed by atoms with Crippen molar-refractivity contribution in [3.05, 3.63) is 45.9 Å². The van der Waals surface area contributed by atoms with Gasteiger partial charge in [0.25, 0.3) is 0 Å². The topological polar surface area (TPSA) is 113 Å². The van der Waals surface area contributed by atoms with E-state index in [2.05, 4.69) is 10.3 Å². The fraction of sp³-hybridized carbons (Fsp3) is 0.267. The van der Waals surface area contributed by atoms with Gasteiger partial charge in [-0.1, -0.05) is 19.1 Å². The zero-order chi connectivity index (χ0) is 17.7. The molecule has 24 heavy (non-hydrogen) atoms. The summed E-state index contributed by atoms with van der Waals surface area (Å²) in [6.07, 6.45) is 0.101. The van der Waals surface area contributed by atoms with Gasteiger partial charge in [-0.15, -0.1) is 11.3 Å². The molecule has 0 aliphatic heterocycles. The molecule has 2 N–H and O–H groups in total. The minimum atomic E-state index is -3.25. The van der Waals surface area contributed by atoms with Crippen LogP contribution < -0.4 is 5.32 Å². The normalized spacial score (nSPS) is 11.2. The second kappa shape index (κ2) is 7.54. The molecule has 1 heterocycles. The number of benzene rings is 1. The number of nitrogens with zero attached hydrogens (tertiary/aromatic N) is 1. The molecule has 0 fully saturated rings. The molecule has 2 rings (SSSR count). The monoisotopic (exact) mass is 368 g/mol. The maximum atomic E-state index is 11.9. The Bertz CT molecular complexity index is 841. The average Bonchev–Trinajstić information content (AvgIpc) is 3.03. The van der Waals surface area contributed by atoms with Crippen LogP contribution in [0, 0.1) is 0 Å². The lowest BCUT2D eigenvalue weighted by Gasteiger charge is -2.05. The van der Waals surface area contributed by atoms with E-state index < -0.39 is 15.8 Å². The number of amides is 1. The predicted octanol–water partition coefficient (Wildman–Crippen LogP) is 1.49. The van der Waals surface area contributed by atoms with Crippen LogP contribution >= 0.6 is 11.3 Å². The number of aromatic nitrogens is 1. The van der Waals surface area contributed by atoms with Gasteiger partial charge in [0.2, 0.25) is 5.91 Å². The summed E-state index contributed by atoms with van der Waals surface area (Å²) in [6.45, 7) is 1.73. The smallest absolute Gasteiger partial charge is 0.355 e. The summed E-state index contributed by atoms with van der Waals surface area (Å²) < 4.78 is 23.4. The summed E-state index contributed by atoms with van der Waals surface area (Å²) in [5.41, 5.74) is 0.643. The number of hydrogen-bond donors (Lipinski definition) is 2. The Hall–Kier alpha value is -2.26. The molecule has 0 radical (unpaired) electrons. The highest BCUT2D eigenvalue weighted by atomic mass is 32.2. The third-order valence-corrected chi connectivity index (χ3v) is 5.83. The number of carbonyl (C=O) groups excluding carboxylic acids is 1. The van der Waals surface area contributed by atoms with E-state index in [-0.39, 0.29) is 35.2 Å². The third-order valence-electron chi connectivity index (χ3n) is 3.23. The molecule has 9 heteroatoms. The Morgan fingerprint density at radius 1 is 1.25 bits per heavy atom. The maximum absolute atomic E-state index is 11.9. The van der Waals surface area contributed by atoms with Crippen LogP contribution in [0.4, 0.5) is 0 Å². The van der Waals surface area contributed by atoms with Crippen LogP contribution in [-0.4, -0.2) is 36.1 Å². The molecule has 0 bridgehead atoms. The number of thiazole rings is 1. The van der Waals surface area contributed by atoms with Gasteiger partial charge in [0.05, 0.1) is 23.6 Å². The van der Waals surface area contributed by atoms with Crippen LogP contribution in [-0.2, 0) is 27.6 Å². The first-order valence-electron chi connectivity index (χ1n) is 7.08. The number of aromatic carboxylic acids is 1. The molecule has 0 aliphatic rings. The number of rotatable bonds is 7. The molecule has 0 saturated carbocycles. The van der Waals surface area contributed by atoms with E-state index in [9.17, 15) is 18.0 Å². The van der Waals surface area contributed by atoms with Crippen molar-refractivity contribution in [2.24, 2.45) is 0 Å². The maximum Gasteiger partial charge on any atom is 0.355 e. The van der Waals surface area contributed by atoms with Gasteiger partial charge in [-0.05, 0) is 17.7 Å². The molecule has 1 aromatic carbocycles. The molecule has 0 spiro atoms. The predicted molar refractivity (Wildman–Crippen MR) is 88.8 cm³/mol. The van der Waals surface area contributed by atoms with Crippen LogP contribution in [0.1, 0.15) is 28.0 Å². The highest BCUT2D eigenvalue weighted by Crippen LogP contribution is 2.13. The van der Waals surface area contributed by atoms with Gasteiger partial charge in [0, 0.05) is 5.38 Å². The fourth-order valence-corrected chi connectivity index (χ4v) is 3.49. The van der Waals surface area contributed by atoms with Crippen molar-refractivity contribution in [3.8, 4) is 0 Å². The van der Waals surface area contributed by atoms with E-state index in [0.29, 0.717) is 10.6 Å². The number of carbonyl (C=O) groups is 2.